The van der Waals surface area contributed by atoms with Gasteiger partial charge in [-0.05, 0) is 54.6 Å². The van der Waals surface area contributed by atoms with Gasteiger partial charge < -0.3 is 25.7 Å². The molecular formula is C25H25N7O3. The zero-order valence-electron chi connectivity index (χ0n) is 19.0. The Morgan fingerprint density at radius 1 is 0.714 bits per heavy atom. The molecule has 0 aliphatic heterocycles. The van der Waals surface area contributed by atoms with E-state index in [1.54, 1.807) is 16.8 Å². The molecule has 0 aliphatic carbocycles. The first-order valence-electron chi connectivity index (χ1n) is 11.2. The summed E-state index contributed by atoms with van der Waals surface area (Å²) < 4.78 is 19.0. The summed E-state index contributed by atoms with van der Waals surface area (Å²) in [5.41, 5.74) is 13.8. The van der Waals surface area contributed by atoms with Gasteiger partial charge in [0.15, 0.2) is 0 Å². The first kappa shape index (κ1) is 22.4. The number of ether oxygens (including phenoxy) is 3. The molecule has 35 heavy (non-hydrogen) atoms. The molecule has 0 amide bonds. The second kappa shape index (κ2) is 10.2. The fourth-order valence-electron chi connectivity index (χ4n) is 3.56. The van der Waals surface area contributed by atoms with Gasteiger partial charge in [0.25, 0.3) is 0 Å². The van der Waals surface area contributed by atoms with Crippen molar-refractivity contribution in [3.8, 4) is 11.5 Å². The van der Waals surface area contributed by atoms with Crippen LogP contribution in [0, 0.1) is 0 Å². The molecule has 0 aliphatic rings. The smallest absolute Gasteiger partial charge is 0.134 e. The molecule has 0 bridgehead atoms. The quantitative estimate of drug-likeness (QED) is 0.294. The highest BCUT2D eigenvalue weighted by Crippen LogP contribution is 2.22. The van der Waals surface area contributed by atoms with Crippen LogP contribution in [0.3, 0.4) is 0 Å². The third-order valence-corrected chi connectivity index (χ3v) is 5.30. The summed E-state index contributed by atoms with van der Waals surface area (Å²) in [7, 11) is 0. The number of nitrogen functional groups attached to an aromatic ring is 2. The predicted molar refractivity (Wildman–Crippen MR) is 133 cm³/mol. The number of anilines is 2. The Morgan fingerprint density at radius 2 is 1.46 bits per heavy atom. The molecule has 10 heteroatoms. The number of rotatable bonds is 10. The first-order chi connectivity index (χ1) is 17.1. The lowest BCUT2D eigenvalue weighted by atomic mass is 10.2. The molecular weight excluding hydrogens is 446 g/mol. The summed E-state index contributed by atoms with van der Waals surface area (Å²) in [5, 5.41) is 10.3. The number of nitrogens with two attached hydrogens (primary N) is 2. The summed E-state index contributed by atoms with van der Waals surface area (Å²) in [6, 6.07) is 18.8. The molecule has 0 saturated heterocycles. The molecule has 0 radical (unpaired) electrons. The van der Waals surface area contributed by atoms with Gasteiger partial charge in [-0.2, -0.15) is 0 Å². The van der Waals surface area contributed by atoms with Crippen molar-refractivity contribution >= 4 is 33.4 Å². The Kier molecular flexibility index (Phi) is 6.53. The number of pyridine rings is 2. The highest BCUT2D eigenvalue weighted by molar-refractivity contribution is 5.82. The maximum atomic E-state index is 5.83. The summed E-state index contributed by atoms with van der Waals surface area (Å²) >= 11 is 0. The Hall–Kier alpha value is -4.44. The average molecular weight is 472 g/mol. The molecule has 5 rings (SSSR count). The highest BCUT2D eigenvalue weighted by Gasteiger charge is 2.05. The van der Waals surface area contributed by atoms with Crippen LogP contribution in [0.2, 0.25) is 0 Å². The van der Waals surface area contributed by atoms with Gasteiger partial charge >= 0.3 is 0 Å². The van der Waals surface area contributed by atoms with Crippen molar-refractivity contribution in [1.29, 1.82) is 0 Å². The Balaban J connectivity index is 1.02. The molecule has 3 aromatic heterocycles. The molecule has 2 aromatic carbocycles. The molecule has 5 aromatic rings. The lowest BCUT2D eigenvalue weighted by Crippen LogP contribution is -2.11. The van der Waals surface area contributed by atoms with Gasteiger partial charge in [-0.15, -0.1) is 5.10 Å². The molecule has 0 saturated carbocycles. The number of benzene rings is 2. The van der Waals surface area contributed by atoms with E-state index in [1.165, 1.54) is 0 Å². The molecule has 10 nitrogen and oxygen atoms in total. The van der Waals surface area contributed by atoms with Crippen molar-refractivity contribution in [3.63, 3.8) is 0 Å². The predicted octanol–water partition coefficient (Wildman–Crippen LogP) is 3.21. The number of hydrogen-bond donors (Lipinski definition) is 2. The van der Waals surface area contributed by atoms with Gasteiger partial charge in [0.1, 0.15) is 42.0 Å². The third-order valence-electron chi connectivity index (χ3n) is 5.30. The monoisotopic (exact) mass is 471 g/mol. The third kappa shape index (κ3) is 5.74. The van der Waals surface area contributed by atoms with E-state index >= 15 is 0 Å². The van der Waals surface area contributed by atoms with Crippen LogP contribution in [-0.4, -0.2) is 44.8 Å². The van der Waals surface area contributed by atoms with Crippen LogP contribution in [0.5, 0.6) is 11.5 Å². The molecule has 3 heterocycles. The maximum Gasteiger partial charge on any atom is 0.134 e. The Bertz CT molecular complexity index is 1450. The lowest BCUT2D eigenvalue weighted by molar-refractivity contribution is 0.0924. The number of fused-ring (bicyclic) bond motifs is 2. The van der Waals surface area contributed by atoms with Crippen LogP contribution in [0.1, 0.15) is 5.69 Å². The van der Waals surface area contributed by atoms with Crippen LogP contribution >= 0.6 is 0 Å². The van der Waals surface area contributed by atoms with Crippen LogP contribution in [-0.2, 0) is 17.9 Å². The second-order valence-electron chi connectivity index (χ2n) is 7.90. The minimum atomic E-state index is 0.302. The van der Waals surface area contributed by atoms with Crippen molar-refractivity contribution in [2.45, 2.75) is 13.2 Å². The zero-order chi connectivity index (χ0) is 24.0. The van der Waals surface area contributed by atoms with Crippen LogP contribution in [0.25, 0.3) is 21.8 Å². The van der Waals surface area contributed by atoms with Gasteiger partial charge in [-0.1, -0.05) is 5.21 Å². The normalized spacial score (nSPS) is 11.2. The standard InChI is InChI=1S/C25H25N7O3/c26-24-8-3-18-13-20(5-6-22(18)28-24)34-12-11-33-10-9-32-15-19(30-31-32)16-35-21-4-1-17-2-7-25(27)29-23(17)14-21/h1-8,13-15H,9-12,16H2,(H2,26,28)(H2,27,29). The van der Waals surface area contributed by atoms with Crippen molar-refractivity contribution < 1.29 is 14.2 Å². The van der Waals surface area contributed by atoms with Crippen LogP contribution < -0.4 is 20.9 Å². The van der Waals surface area contributed by atoms with E-state index < -0.39 is 0 Å². The van der Waals surface area contributed by atoms with Crippen molar-refractivity contribution in [1.82, 2.24) is 25.0 Å². The molecule has 0 unspecified atom stereocenters. The van der Waals surface area contributed by atoms with Gasteiger partial charge in [0.2, 0.25) is 0 Å². The average Bonchev–Trinajstić information content (AvgIpc) is 3.32. The van der Waals surface area contributed by atoms with Gasteiger partial charge in [-0.25, -0.2) is 14.6 Å². The molecule has 178 valence electrons. The van der Waals surface area contributed by atoms with E-state index in [9.17, 15) is 0 Å². The Morgan fingerprint density at radius 3 is 2.34 bits per heavy atom. The first-order valence-corrected chi connectivity index (χ1v) is 11.2. The molecule has 0 spiro atoms. The van der Waals surface area contributed by atoms with E-state index in [0.29, 0.717) is 50.4 Å². The van der Waals surface area contributed by atoms with E-state index in [2.05, 4.69) is 20.3 Å². The topological polar surface area (TPSA) is 136 Å². The van der Waals surface area contributed by atoms with Gasteiger partial charge in [0.05, 0.1) is 37.0 Å². The largest absolute Gasteiger partial charge is 0.491 e. The summed E-state index contributed by atoms with van der Waals surface area (Å²) in [4.78, 5) is 8.60. The summed E-state index contributed by atoms with van der Waals surface area (Å²) in [5.74, 6) is 2.43. The number of aromatic nitrogens is 5. The van der Waals surface area contributed by atoms with Crippen LogP contribution in [0.15, 0.2) is 66.9 Å². The molecule has 0 fully saturated rings. The second-order valence-corrected chi connectivity index (χ2v) is 7.90. The van der Waals surface area contributed by atoms with Crippen LogP contribution in [0.4, 0.5) is 11.6 Å². The fourth-order valence-corrected chi connectivity index (χ4v) is 3.56. The van der Waals surface area contributed by atoms with E-state index in [4.69, 9.17) is 25.7 Å². The number of hydrogen-bond acceptors (Lipinski definition) is 9. The minimum absolute atomic E-state index is 0.302. The summed E-state index contributed by atoms with van der Waals surface area (Å²) in [6.45, 7) is 2.27. The fraction of sp³-hybridized carbons (Fsp3) is 0.200. The maximum absolute atomic E-state index is 5.83. The van der Waals surface area contributed by atoms with Crippen molar-refractivity contribution in [3.05, 3.63) is 72.6 Å². The number of nitrogens with zero attached hydrogens (tertiary/aromatic N) is 5. The van der Waals surface area contributed by atoms with E-state index in [0.717, 1.165) is 33.2 Å². The van der Waals surface area contributed by atoms with E-state index in [-0.39, 0.29) is 0 Å². The molecule has 0 atom stereocenters. The highest BCUT2D eigenvalue weighted by atomic mass is 16.5. The van der Waals surface area contributed by atoms with Crippen molar-refractivity contribution in [2.75, 3.05) is 31.3 Å². The van der Waals surface area contributed by atoms with Crippen molar-refractivity contribution in [2.24, 2.45) is 0 Å². The minimum Gasteiger partial charge on any atom is -0.491 e. The van der Waals surface area contributed by atoms with E-state index in [1.807, 2.05) is 54.7 Å². The summed E-state index contributed by atoms with van der Waals surface area (Å²) in [6.07, 6.45) is 1.84. The molecule has 4 N–H and O–H groups in total. The zero-order valence-corrected chi connectivity index (χ0v) is 19.0. The lowest BCUT2D eigenvalue weighted by Gasteiger charge is -2.08. The Labute approximate surface area is 201 Å². The SMILES string of the molecule is Nc1ccc2cc(OCCOCCn3cc(COc4ccc5ccc(N)nc5c4)nn3)ccc2n1. The van der Waals surface area contributed by atoms with Gasteiger partial charge in [-0.3, -0.25) is 0 Å². The van der Waals surface area contributed by atoms with Gasteiger partial charge in [0, 0.05) is 16.8 Å².